The minimum atomic E-state index is -0.321. The lowest BCUT2D eigenvalue weighted by molar-refractivity contribution is -0.00647. The van der Waals surface area contributed by atoms with Crippen LogP contribution in [0.1, 0.15) is 241 Å². The number of aromatic nitrogens is 4. The fourth-order valence-corrected chi connectivity index (χ4v) is 23.6. The Morgan fingerprint density at radius 3 is 1.05 bits per heavy atom. The third kappa shape index (κ3) is 21.5. The summed E-state index contributed by atoms with van der Waals surface area (Å²) >= 11 is 12.0. The molecule has 8 bridgehead atoms. The molecule has 690 valence electrons. The molecule has 8 saturated heterocycles. The number of fused-ring (bicyclic) bond motifs is 12. The number of hydrogen-bond donors (Lipinski definition) is 0. The molecule has 20 nitrogen and oxygen atoms in total. The smallest absolute Gasteiger partial charge is 0.338 e. The number of carbonyl (C=O) groups is 5. The van der Waals surface area contributed by atoms with Crippen LogP contribution in [-0.2, 0) is 30.9 Å². The summed E-state index contributed by atoms with van der Waals surface area (Å²) in [5.74, 6) is 5.64. The second kappa shape index (κ2) is 43.2. The van der Waals surface area contributed by atoms with Crippen molar-refractivity contribution in [1.29, 1.82) is 0 Å². The number of ether oxygens (including phenoxy) is 7. The lowest BCUT2D eigenvalue weighted by Crippen LogP contribution is -2.46. The number of aryl methyl sites for hydroxylation is 4. The van der Waals surface area contributed by atoms with Crippen LogP contribution in [0.2, 0.25) is 10.0 Å². The number of unbranched alkanes of at least 4 members (excludes halogenated alkanes) is 2. The summed E-state index contributed by atoms with van der Waals surface area (Å²) in [6, 6.07) is 53.8. The van der Waals surface area contributed by atoms with Gasteiger partial charge in [0.15, 0.2) is 34.6 Å². The molecule has 22 heteroatoms. The van der Waals surface area contributed by atoms with Crippen molar-refractivity contribution >= 4 is 95.9 Å². The van der Waals surface area contributed by atoms with Crippen molar-refractivity contribution < 1.29 is 57.1 Å². The molecule has 11 aromatic rings. The number of Topliss-reactive ketones (excluding diaryl/α,β-unsaturated/α-hetero) is 4. The Kier molecular flexibility index (Phi) is 31.0. The van der Waals surface area contributed by atoms with E-state index in [1.54, 1.807) is 74.3 Å². The third-order valence-electron chi connectivity index (χ3n) is 29.4. The maximum Gasteiger partial charge on any atom is 0.338 e. The molecule has 19 rings (SSSR count). The highest BCUT2D eigenvalue weighted by Gasteiger charge is 2.45. The first kappa shape index (κ1) is 93.3. The van der Waals surface area contributed by atoms with E-state index in [0.29, 0.717) is 59.4 Å². The molecule has 12 atom stereocenters. The molecular formula is C108H132Cl2N8O12. The topological polar surface area (TPSA) is 183 Å². The minimum absolute atomic E-state index is 0.0600. The predicted molar refractivity (Wildman–Crippen MR) is 518 cm³/mol. The van der Waals surface area contributed by atoms with E-state index in [4.69, 9.17) is 56.4 Å². The summed E-state index contributed by atoms with van der Waals surface area (Å²) in [5.41, 5.74) is 8.01. The molecule has 0 N–H and O–H groups in total. The summed E-state index contributed by atoms with van der Waals surface area (Å²) < 4.78 is 49.2. The predicted octanol–water partition coefficient (Wildman–Crippen LogP) is 23.1. The van der Waals surface area contributed by atoms with Crippen LogP contribution in [0.3, 0.4) is 0 Å². The van der Waals surface area contributed by atoms with Crippen molar-refractivity contribution in [2.75, 3.05) is 54.6 Å². The zero-order valence-corrected chi connectivity index (χ0v) is 79.0. The van der Waals surface area contributed by atoms with Crippen LogP contribution in [0.15, 0.2) is 176 Å². The number of benzene rings is 7. The van der Waals surface area contributed by atoms with Gasteiger partial charge in [-0.1, -0.05) is 116 Å². The zero-order chi connectivity index (χ0) is 90.6. The number of para-hydroxylation sites is 4. The van der Waals surface area contributed by atoms with Gasteiger partial charge in [0, 0.05) is 203 Å². The molecular weight excluding hydrogens is 1670 g/mol. The lowest BCUT2D eigenvalue weighted by Gasteiger charge is -2.39. The molecule has 0 radical (unpaired) electrons. The van der Waals surface area contributed by atoms with Crippen molar-refractivity contribution in [2.45, 2.75) is 282 Å². The normalized spacial score (nSPS) is 22.8. The Balaban J connectivity index is 0.000000128. The molecule has 0 amide bonds. The summed E-state index contributed by atoms with van der Waals surface area (Å²) in [6.07, 6.45) is 37.5. The average molecular weight is 1810 g/mol. The van der Waals surface area contributed by atoms with Crippen molar-refractivity contribution in [3.8, 4) is 34.5 Å². The first-order valence-corrected chi connectivity index (χ1v) is 48.8. The molecule has 4 unspecified atom stereocenters. The van der Waals surface area contributed by atoms with E-state index in [1.807, 2.05) is 122 Å². The highest BCUT2D eigenvalue weighted by molar-refractivity contribution is 6.31. The highest BCUT2D eigenvalue weighted by atomic mass is 35.5. The minimum Gasteiger partial charge on any atom is -0.495 e. The number of esters is 1. The van der Waals surface area contributed by atoms with Gasteiger partial charge in [0.25, 0.3) is 0 Å². The summed E-state index contributed by atoms with van der Waals surface area (Å²) in [7, 11) is 6.48. The largest absolute Gasteiger partial charge is 0.495 e. The van der Waals surface area contributed by atoms with E-state index >= 15 is 0 Å². The Hall–Kier alpha value is -9.93. The lowest BCUT2D eigenvalue weighted by atomic mass is 9.86. The van der Waals surface area contributed by atoms with Gasteiger partial charge in [-0.15, -0.1) is 0 Å². The van der Waals surface area contributed by atoms with Gasteiger partial charge in [0.1, 0.15) is 41.3 Å². The first-order chi connectivity index (χ1) is 63.2. The summed E-state index contributed by atoms with van der Waals surface area (Å²) in [5, 5.41) is 5.56. The Morgan fingerprint density at radius 2 is 0.677 bits per heavy atom. The number of carbonyl (C=O) groups excluding carboxylic acids is 5. The number of hydrogen-bond acceptors (Lipinski definition) is 16. The molecule has 8 fully saturated rings. The van der Waals surface area contributed by atoms with Crippen LogP contribution in [-0.4, -0.2) is 188 Å². The molecule has 8 aliphatic rings. The molecule has 4 aromatic heterocycles. The van der Waals surface area contributed by atoms with Gasteiger partial charge in [-0.25, -0.2) is 4.79 Å². The fraction of sp³-hybridized carbons (Fsp3) is 0.491. The van der Waals surface area contributed by atoms with Crippen molar-refractivity contribution in [2.24, 2.45) is 5.92 Å². The van der Waals surface area contributed by atoms with Crippen LogP contribution < -0.4 is 28.4 Å². The third-order valence-corrected chi connectivity index (χ3v) is 29.9. The van der Waals surface area contributed by atoms with E-state index in [9.17, 15) is 24.0 Å². The maximum absolute atomic E-state index is 12.9. The van der Waals surface area contributed by atoms with Gasteiger partial charge in [-0.05, 0) is 240 Å². The molecule has 0 saturated carbocycles. The Labute approximate surface area is 777 Å². The van der Waals surface area contributed by atoms with E-state index in [1.165, 1.54) is 95.5 Å². The SMILES string of the molecule is CC(=O)c1cn(CCCN2[C@@H]3CC[C@H]2CC(Oc2ccc(Cl)cc2)C3)c2ccccc12.CCCCCC1C[C@H]2CC[C@@H](C1)N2CCCn1cc(C(C)=O)c2ccccc21.COc1ccc(C(=O)OC2C[C@H]3CC[C@@H](C2)N3CCCn2cc(C(C)=O)c3cccc(OC)c32)cc1OC.COc1cccc2c(C(C)=O)cn(CCCN3[C@@H]4CC[C@H]3CC(Oc3ccc(Cl)cc3)C4)c12. The fourth-order valence-electron chi connectivity index (χ4n) is 23.3. The van der Waals surface area contributed by atoms with Crippen LogP contribution in [0.4, 0.5) is 0 Å². The Morgan fingerprint density at radius 1 is 0.338 bits per heavy atom. The van der Waals surface area contributed by atoms with Crippen LogP contribution in [0, 0.1) is 5.92 Å². The maximum atomic E-state index is 12.9. The molecule has 8 aliphatic heterocycles. The standard InChI is InChI=1S/C30H36N2O6.C27H31ClN2O3.C26H29ClN2O2.C25H36N2O/c1-19(33)25-18-31(29-24(25)7-5-8-27(29)36-3)13-6-14-32-21-10-11-22(32)17-23(16-21)38-30(34)20-9-12-26(35-2)28(15-20)37-4;1-18(31)25-17-29(27-24(25)5-3-6-26(27)32-2)13-4-14-30-20-9-10-21(30)16-23(15-20)33-22-11-7-19(28)8-12-22;1-18(30)25-17-28(26-6-3-2-5-24(25)26)13-4-14-29-20-9-10-21(29)16-23(15-20)31-22-11-7-19(27)8-12-22;1-3-4-5-9-20-16-21-12-13-22(17-20)27(21)15-8-14-26-18-24(19(2)28)23-10-6-7-11-25(23)26/h5,7-9,12,15,18,21-23H,6,10-11,13-14,16-17H2,1-4H3;3,5-8,11-12,17,20-21,23H,4,9-10,13-16H2,1-2H3;2-3,5-8,11-12,17,20-21,23H,4,9-10,13-16H2,1H3;6-7,10-11,18,20-22H,3-5,8-9,12-17H2,1-2H3/t21-,22+,23?;2*20-,21+,23?;20?,21-,22+. The molecule has 12 heterocycles. The molecule has 0 spiro atoms. The molecule has 130 heavy (non-hydrogen) atoms. The number of nitrogens with zero attached hydrogens (tertiary/aromatic N) is 8. The van der Waals surface area contributed by atoms with Crippen LogP contribution in [0.5, 0.6) is 34.5 Å². The molecule has 0 aliphatic carbocycles. The van der Waals surface area contributed by atoms with Gasteiger partial charge >= 0.3 is 5.97 Å². The number of piperidine rings is 4. The van der Waals surface area contributed by atoms with Gasteiger partial charge in [0.2, 0.25) is 0 Å². The number of methoxy groups -OCH3 is 4. The van der Waals surface area contributed by atoms with Gasteiger partial charge < -0.3 is 51.4 Å². The summed E-state index contributed by atoms with van der Waals surface area (Å²) in [6.45, 7) is 16.8. The van der Waals surface area contributed by atoms with Crippen molar-refractivity contribution in [3.63, 3.8) is 0 Å². The van der Waals surface area contributed by atoms with Gasteiger partial charge in [-0.2, -0.15) is 0 Å². The van der Waals surface area contributed by atoms with Gasteiger partial charge in [-0.3, -0.25) is 38.8 Å². The number of halogens is 2. The second-order valence-electron chi connectivity index (χ2n) is 37.6. The number of ketones is 4. The number of rotatable bonds is 34. The van der Waals surface area contributed by atoms with Crippen molar-refractivity contribution in [3.05, 3.63) is 214 Å². The Bertz CT molecular complexity index is 5680. The van der Waals surface area contributed by atoms with Crippen LogP contribution >= 0.6 is 23.2 Å². The van der Waals surface area contributed by atoms with E-state index in [0.717, 1.165) is 228 Å². The molecule has 7 aromatic carbocycles. The van der Waals surface area contributed by atoms with E-state index in [2.05, 4.69) is 81.3 Å². The van der Waals surface area contributed by atoms with Crippen LogP contribution in [0.25, 0.3) is 43.6 Å². The summed E-state index contributed by atoms with van der Waals surface area (Å²) in [4.78, 5) is 72.1. The van der Waals surface area contributed by atoms with Gasteiger partial charge in [0.05, 0.1) is 45.0 Å². The quantitative estimate of drug-likeness (QED) is 0.0211. The van der Waals surface area contributed by atoms with E-state index < -0.39 is 0 Å². The van der Waals surface area contributed by atoms with Crippen molar-refractivity contribution in [1.82, 2.24) is 37.9 Å². The first-order valence-electron chi connectivity index (χ1n) is 48.0. The average Bonchev–Trinajstić information content (AvgIpc) is 1.63. The second-order valence-corrected chi connectivity index (χ2v) is 38.4. The van der Waals surface area contributed by atoms with E-state index in [-0.39, 0.29) is 41.3 Å². The monoisotopic (exact) mass is 1800 g/mol. The zero-order valence-electron chi connectivity index (χ0n) is 77.5. The highest BCUT2D eigenvalue weighted by Crippen LogP contribution is 2.45.